The summed E-state index contributed by atoms with van der Waals surface area (Å²) in [5, 5.41) is 15.2. The predicted octanol–water partition coefficient (Wildman–Crippen LogP) is 3.17. The van der Waals surface area contributed by atoms with Gasteiger partial charge in [-0.25, -0.2) is 9.59 Å². The second-order valence-electron chi connectivity index (χ2n) is 7.97. The number of benzene rings is 2. The Balaban J connectivity index is 1.24. The van der Waals surface area contributed by atoms with Crippen LogP contribution in [0.2, 0.25) is 5.02 Å². The molecule has 3 N–H and O–H groups in total. The van der Waals surface area contributed by atoms with E-state index < -0.39 is 6.09 Å². The largest absolute Gasteiger partial charge is 0.465 e. The first-order valence-corrected chi connectivity index (χ1v) is 10.4. The lowest BCUT2D eigenvalue weighted by Crippen LogP contribution is -2.78. The summed E-state index contributed by atoms with van der Waals surface area (Å²) < 4.78 is 0. The highest BCUT2D eigenvalue weighted by molar-refractivity contribution is 6.30. The predicted molar refractivity (Wildman–Crippen MR) is 116 cm³/mol. The third kappa shape index (κ3) is 4.59. The average molecular weight is 443 g/mol. The van der Waals surface area contributed by atoms with Crippen molar-refractivity contribution in [2.75, 3.05) is 25.0 Å². The van der Waals surface area contributed by atoms with Crippen molar-refractivity contribution in [2.45, 2.75) is 24.9 Å². The van der Waals surface area contributed by atoms with Gasteiger partial charge in [0.1, 0.15) is 0 Å². The van der Waals surface area contributed by atoms with Crippen LogP contribution in [0.4, 0.5) is 15.3 Å². The number of carboxylic acid groups (broad SMARTS) is 1. The summed E-state index contributed by atoms with van der Waals surface area (Å²) in [6, 6.07) is 14.0. The van der Waals surface area contributed by atoms with Crippen molar-refractivity contribution in [3.63, 3.8) is 0 Å². The Labute approximate surface area is 184 Å². The van der Waals surface area contributed by atoms with Crippen molar-refractivity contribution < 1.29 is 19.5 Å². The number of amides is 4. The monoisotopic (exact) mass is 442 g/mol. The van der Waals surface area contributed by atoms with E-state index in [1.807, 2.05) is 24.3 Å². The molecule has 8 nitrogen and oxygen atoms in total. The van der Waals surface area contributed by atoms with Crippen molar-refractivity contribution in [1.29, 1.82) is 0 Å². The minimum atomic E-state index is -0.940. The minimum Gasteiger partial charge on any atom is -0.465 e. The molecule has 4 rings (SSSR count). The van der Waals surface area contributed by atoms with Crippen LogP contribution in [0.1, 0.15) is 17.5 Å². The average Bonchev–Trinajstić information content (AvgIpc) is 2.67. The van der Waals surface area contributed by atoms with E-state index in [0.717, 1.165) is 17.5 Å². The molecule has 0 saturated carbocycles. The first-order chi connectivity index (χ1) is 14.8. The highest BCUT2D eigenvalue weighted by Gasteiger charge is 2.56. The van der Waals surface area contributed by atoms with Gasteiger partial charge in [-0.1, -0.05) is 35.9 Å². The third-order valence-corrected chi connectivity index (χ3v) is 6.10. The molecule has 2 aliphatic heterocycles. The highest BCUT2D eigenvalue weighted by atomic mass is 35.5. The fourth-order valence-corrected chi connectivity index (χ4v) is 4.12. The van der Waals surface area contributed by atoms with Crippen molar-refractivity contribution in [3.05, 3.63) is 64.7 Å². The molecule has 0 aromatic heterocycles. The Morgan fingerprint density at radius 3 is 2.23 bits per heavy atom. The minimum absolute atomic E-state index is 0.00212. The summed E-state index contributed by atoms with van der Waals surface area (Å²) >= 11 is 5.85. The molecule has 1 spiro atoms. The van der Waals surface area contributed by atoms with Gasteiger partial charge in [-0.2, -0.15) is 0 Å². The number of carbonyl (C=O) groups excluding carboxylic acids is 2. The second-order valence-corrected chi connectivity index (χ2v) is 8.40. The van der Waals surface area contributed by atoms with E-state index in [2.05, 4.69) is 10.6 Å². The number of hydrogen-bond acceptors (Lipinski definition) is 3. The maximum absolute atomic E-state index is 12.7. The molecule has 31 heavy (non-hydrogen) atoms. The fraction of sp³-hybridized carbons (Fsp3) is 0.318. The van der Waals surface area contributed by atoms with Crippen LogP contribution in [-0.4, -0.2) is 58.1 Å². The normalized spacial score (nSPS) is 16.3. The molecule has 2 heterocycles. The van der Waals surface area contributed by atoms with Gasteiger partial charge in [0.05, 0.1) is 12.0 Å². The summed E-state index contributed by atoms with van der Waals surface area (Å²) in [6.45, 7) is 1.83. The molecule has 0 atom stereocenters. The van der Waals surface area contributed by atoms with E-state index in [-0.39, 0.29) is 23.9 Å². The van der Waals surface area contributed by atoms with Crippen LogP contribution < -0.4 is 10.6 Å². The molecule has 0 radical (unpaired) electrons. The van der Waals surface area contributed by atoms with Gasteiger partial charge in [-0.15, -0.1) is 0 Å². The van der Waals surface area contributed by atoms with Gasteiger partial charge in [-0.3, -0.25) is 4.79 Å². The number of nitrogens with zero attached hydrogens (tertiary/aromatic N) is 2. The zero-order valence-corrected chi connectivity index (χ0v) is 17.6. The molecule has 9 heteroatoms. The summed E-state index contributed by atoms with van der Waals surface area (Å²) in [5.41, 5.74) is 2.10. The van der Waals surface area contributed by atoms with Gasteiger partial charge in [0.25, 0.3) is 0 Å². The standard InChI is InChI=1S/C22H23ClN4O4/c23-17-5-1-16(2-6-17)12-24-20(29)25-18-7-3-15(4-8-18)11-19(28)27-10-9-22(27)13-26(14-22)21(30)31/h1-8H,9-14H2,(H,30,31)(H2,24,25,29). The van der Waals surface area contributed by atoms with Crippen LogP contribution in [0, 0.1) is 0 Å². The Morgan fingerprint density at radius 2 is 1.65 bits per heavy atom. The Kier molecular flexibility index (Phi) is 5.73. The van der Waals surface area contributed by atoms with Crippen molar-refractivity contribution in [1.82, 2.24) is 15.1 Å². The van der Waals surface area contributed by atoms with Gasteiger partial charge in [0, 0.05) is 36.9 Å². The van der Waals surface area contributed by atoms with Crippen LogP contribution in [-0.2, 0) is 17.8 Å². The van der Waals surface area contributed by atoms with E-state index in [4.69, 9.17) is 16.7 Å². The Morgan fingerprint density at radius 1 is 1.00 bits per heavy atom. The molecular weight excluding hydrogens is 420 g/mol. The zero-order chi connectivity index (χ0) is 22.0. The maximum atomic E-state index is 12.7. The lowest BCUT2D eigenvalue weighted by Gasteiger charge is -2.61. The number of urea groups is 1. The Bertz CT molecular complexity index is 988. The number of hydrogen-bond donors (Lipinski definition) is 3. The molecule has 2 saturated heterocycles. The fourth-order valence-electron chi connectivity index (χ4n) is 3.99. The van der Waals surface area contributed by atoms with Crippen LogP contribution in [0.25, 0.3) is 0 Å². The smallest absolute Gasteiger partial charge is 0.407 e. The maximum Gasteiger partial charge on any atom is 0.407 e. The SMILES string of the molecule is O=C(NCc1ccc(Cl)cc1)Nc1ccc(CC(=O)N2CCC23CN(C(=O)O)C3)cc1. The molecule has 2 fully saturated rings. The van der Waals surface area contributed by atoms with Crippen molar-refractivity contribution in [3.8, 4) is 0 Å². The summed E-state index contributed by atoms with van der Waals surface area (Å²) in [6.07, 6.45) is 0.152. The summed E-state index contributed by atoms with van der Waals surface area (Å²) in [5.74, 6) is -0.00212. The molecule has 2 aromatic rings. The van der Waals surface area contributed by atoms with Crippen molar-refractivity contribution in [2.24, 2.45) is 0 Å². The van der Waals surface area contributed by atoms with E-state index in [0.29, 0.717) is 36.9 Å². The van der Waals surface area contributed by atoms with Gasteiger partial charge < -0.3 is 25.5 Å². The molecule has 0 unspecified atom stereocenters. The number of rotatable bonds is 5. The van der Waals surface area contributed by atoms with Gasteiger partial charge in [0.15, 0.2) is 0 Å². The second kappa shape index (κ2) is 8.47. The molecule has 162 valence electrons. The molecule has 2 aliphatic rings. The first-order valence-electron chi connectivity index (χ1n) is 10.0. The number of nitrogens with one attached hydrogen (secondary N) is 2. The zero-order valence-electron chi connectivity index (χ0n) is 16.8. The van der Waals surface area contributed by atoms with E-state index in [1.54, 1.807) is 29.2 Å². The molecule has 2 aromatic carbocycles. The van der Waals surface area contributed by atoms with E-state index in [9.17, 15) is 14.4 Å². The molecule has 0 aliphatic carbocycles. The van der Waals surface area contributed by atoms with E-state index >= 15 is 0 Å². The highest BCUT2D eigenvalue weighted by Crippen LogP contribution is 2.39. The van der Waals surface area contributed by atoms with Gasteiger partial charge in [0.2, 0.25) is 5.91 Å². The number of halogens is 1. The summed E-state index contributed by atoms with van der Waals surface area (Å²) in [7, 11) is 0. The first kappa shape index (κ1) is 21.0. The number of likely N-dealkylation sites (tertiary alicyclic amines) is 2. The topological polar surface area (TPSA) is 102 Å². The quantitative estimate of drug-likeness (QED) is 0.661. The van der Waals surface area contributed by atoms with Gasteiger partial charge >= 0.3 is 12.1 Å². The van der Waals surface area contributed by atoms with Gasteiger partial charge in [-0.05, 0) is 41.8 Å². The number of anilines is 1. The molecule has 0 bridgehead atoms. The summed E-state index contributed by atoms with van der Waals surface area (Å²) in [4.78, 5) is 38.9. The Hall–Kier alpha value is -3.26. The lowest BCUT2D eigenvalue weighted by atomic mass is 9.77. The van der Waals surface area contributed by atoms with E-state index in [1.165, 1.54) is 4.90 Å². The van der Waals surface area contributed by atoms with Crippen LogP contribution in [0.3, 0.4) is 0 Å². The molecular formula is C22H23ClN4O4. The van der Waals surface area contributed by atoms with Crippen molar-refractivity contribution >= 4 is 35.3 Å². The number of carbonyl (C=O) groups is 3. The van der Waals surface area contributed by atoms with Crippen LogP contribution >= 0.6 is 11.6 Å². The lowest BCUT2D eigenvalue weighted by molar-refractivity contribution is -0.162. The van der Waals surface area contributed by atoms with Crippen LogP contribution in [0.15, 0.2) is 48.5 Å². The van der Waals surface area contributed by atoms with Crippen LogP contribution in [0.5, 0.6) is 0 Å². The molecule has 4 amide bonds. The third-order valence-electron chi connectivity index (χ3n) is 5.85.